The largest absolute Gasteiger partial charge is 0.366 e. The molecule has 2 rings (SSSR count). The molecule has 4 nitrogen and oxygen atoms in total. The number of carbonyl (C=O) groups excluding carboxylic acids is 1. The molecule has 106 valence electrons. The fourth-order valence-electron chi connectivity index (χ4n) is 1.94. The van der Waals surface area contributed by atoms with E-state index in [-0.39, 0.29) is 5.56 Å². The number of carbonyl (C=O) groups is 1. The van der Waals surface area contributed by atoms with Crippen LogP contribution in [0.1, 0.15) is 27.0 Å². The Balaban J connectivity index is 1.97. The van der Waals surface area contributed by atoms with Gasteiger partial charge in [-0.2, -0.15) is 5.26 Å². The second-order valence-electron chi connectivity index (χ2n) is 4.59. The van der Waals surface area contributed by atoms with E-state index in [0.29, 0.717) is 24.2 Å². The van der Waals surface area contributed by atoms with Gasteiger partial charge in [-0.1, -0.05) is 18.2 Å². The van der Waals surface area contributed by atoms with Crippen LogP contribution in [0.3, 0.4) is 0 Å². The Morgan fingerprint density at radius 1 is 1.24 bits per heavy atom. The van der Waals surface area contributed by atoms with Crippen molar-refractivity contribution < 1.29 is 9.18 Å². The van der Waals surface area contributed by atoms with E-state index in [2.05, 4.69) is 11.4 Å². The number of benzene rings is 2. The summed E-state index contributed by atoms with van der Waals surface area (Å²) in [6, 6.07) is 13.4. The maximum Gasteiger partial charge on any atom is 0.248 e. The maximum atomic E-state index is 13.8. The second-order valence-corrected chi connectivity index (χ2v) is 4.59. The van der Waals surface area contributed by atoms with Crippen LogP contribution in [-0.2, 0) is 13.1 Å². The average Bonchev–Trinajstić information content (AvgIpc) is 2.49. The number of amides is 1. The van der Waals surface area contributed by atoms with Gasteiger partial charge in [-0.15, -0.1) is 0 Å². The summed E-state index contributed by atoms with van der Waals surface area (Å²) in [6.45, 7) is 0.841. The summed E-state index contributed by atoms with van der Waals surface area (Å²) >= 11 is 0. The highest BCUT2D eigenvalue weighted by Crippen LogP contribution is 2.11. The van der Waals surface area contributed by atoms with Crippen LogP contribution in [-0.4, -0.2) is 5.91 Å². The van der Waals surface area contributed by atoms with Crippen molar-refractivity contribution in [3.63, 3.8) is 0 Å². The van der Waals surface area contributed by atoms with Gasteiger partial charge in [-0.25, -0.2) is 4.39 Å². The lowest BCUT2D eigenvalue weighted by atomic mass is 10.1. The van der Waals surface area contributed by atoms with Gasteiger partial charge in [-0.05, 0) is 29.8 Å². The third-order valence-corrected chi connectivity index (χ3v) is 3.04. The van der Waals surface area contributed by atoms with Crippen LogP contribution in [0.25, 0.3) is 0 Å². The molecular formula is C16H14FN3O. The van der Waals surface area contributed by atoms with Crippen molar-refractivity contribution in [1.29, 1.82) is 5.26 Å². The van der Waals surface area contributed by atoms with E-state index < -0.39 is 11.7 Å². The molecule has 0 bridgehead atoms. The molecule has 3 N–H and O–H groups in total. The minimum Gasteiger partial charge on any atom is -0.366 e. The van der Waals surface area contributed by atoms with E-state index in [4.69, 9.17) is 11.0 Å². The van der Waals surface area contributed by atoms with E-state index in [1.165, 1.54) is 12.1 Å². The molecule has 0 atom stereocenters. The SMILES string of the molecule is N#Cc1cccc(CNCc2ccc(C(N)=O)cc2F)c1. The fourth-order valence-corrected chi connectivity index (χ4v) is 1.94. The number of primary amides is 1. The zero-order valence-electron chi connectivity index (χ0n) is 11.3. The molecule has 0 aliphatic rings. The summed E-state index contributed by atoms with van der Waals surface area (Å²) < 4.78 is 13.8. The summed E-state index contributed by atoms with van der Waals surface area (Å²) in [5, 5.41) is 11.9. The van der Waals surface area contributed by atoms with Gasteiger partial charge in [0.15, 0.2) is 0 Å². The minimum absolute atomic E-state index is 0.151. The van der Waals surface area contributed by atoms with E-state index in [1.54, 1.807) is 18.2 Å². The smallest absolute Gasteiger partial charge is 0.248 e. The molecule has 1 amide bonds. The molecule has 2 aromatic carbocycles. The van der Waals surface area contributed by atoms with Crippen LogP contribution < -0.4 is 11.1 Å². The first-order valence-corrected chi connectivity index (χ1v) is 6.38. The summed E-state index contributed by atoms with van der Waals surface area (Å²) in [6.07, 6.45) is 0. The van der Waals surface area contributed by atoms with Gasteiger partial charge >= 0.3 is 0 Å². The minimum atomic E-state index is -0.651. The normalized spacial score (nSPS) is 10.1. The Labute approximate surface area is 122 Å². The number of nitriles is 1. The number of nitrogens with two attached hydrogens (primary N) is 1. The van der Waals surface area contributed by atoms with Gasteiger partial charge in [0, 0.05) is 24.2 Å². The van der Waals surface area contributed by atoms with E-state index in [0.717, 1.165) is 11.6 Å². The molecule has 0 spiro atoms. The summed E-state index contributed by atoms with van der Waals surface area (Å²) in [5.41, 5.74) is 7.23. The number of rotatable bonds is 5. The molecule has 0 aromatic heterocycles. The monoisotopic (exact) mass is 283 g/mol. The van der Waals surface area contributed by atoms with E-state index >= 15 is 0 Å². The highest BCUT2D eigenvalue weighted by Gasteiger charge is 2.06. The molecule has 0 radical (unpaired) electrons. The summed E-state index contributed by atoms with van der Waals surface area (Å²) in [4.78, 5) is 10.9. The first-order valence-electron chi connectivity index (χ1n) is 6.38. The molecule has 2 aromatic rings. The molecule has 0 heterocycles. The van der Waals surface area contributed by atoms with Crippen molar-refractivity contribution in [3.8, 4) is 6.07 Å². The first-order chi connectivity index (χ1) is 10.1. The highest BCUT2D eigenvalue weighted by atomic mass is 19.1. The lowest BCUT2D eigenvalue weighted by Gasteiger charge is -2.07. The lowest BCUT2D eigenvalue weighted by Crippen LogP contribution is -2.15. The highest BCUT2D eigenvalue weighted by molar-refractivity contribution is 5.92. The van der Waals surface area contributed by atoms with Crippen LogP contribution in [0.15, 0.2) is 42.5 Å². The zero-order valence-corrected chi connectivity index (χ0v) is 11.3. The molecule has 0 saturated carbocycles. The van der Waals surface area contributed by atoms with Gasteiger partial charge in [-0.3, -0.25) is 4.79 Å². The Morgan fingerprint density at radius 2 is 2.05 bits per heavy atom. The van der Waals surface area contributed by atoms with Crippen LogP contribution in [0.4, 0.5) is 4.39 Å². The second kappa shape index (κ2) is 6.64. The molecule has 0 aliphatic carbocycles. The molecule has 21 heavy (non-hydrogen) atoms. The van der Waals surface area contributed by atoms with Crippen LogP contribution in [0.5, 0.6) is 0 Å². The first kappa shape index (κ1) is 14.7. The van der Waals surface area contributed by atoms with E-state index in [1.807, 2.05) is 6.07 Å². The van der Waals surface area contributed by atoms with Crippen molar-refractivity contribution >= 4 is 5.91 Å². The predicted octanol–water partition coefficient (Wildman–Crippen LogP) is 2.09. The lowest BCUT2D eigenvalue weighted by molar-refractivity contribution is 0.1000. The number of nitrogens with zero attached hydrogens (tertiary/aromatic N) is 1. The molecule has 0 aliphatic heterocycles. The molecule has 5 heteroatoms. The Morgan fingerprint density at radius 3 is 2.71 bits per heavy atom. The van der Waals surface area contributed by atoms with Crippen molar-refractivity contribution in [3.05, 3.63) is 70.5 Å². The average molecular weight is 283 g/mol. The Kier molecular flexibility index (Phi) is 4.64. The number of hydrogen-bond donors (Lipinski definition) is 2. The van der Waals surface area contributed by atoms with Gasteiger partial charge in [0.25, 0.3) is 0 Å². The van der Waals surface area contributed by atoms with Gasteiger partial charge < -0.3 is 11.1 Å². The van der Waals surface area contributed by atoms with Gasteiger partial charge in [0.1, 0.15) is 5.82 Å². The Bertz CT molecular complexity index is 707. The standard InChI is InChI=1S/C16H14FN3O/c17-15-7-13(16(19)21)4-5-14(15)10-20-9-12-3-1-2-11(6-12)8-18/h1-7,20H,9-10H2,(H2,19,21). The summed E-state index contributed by atoms with van der Waals surface area (Å²) in [7, 11) is 0. The van der Waals surface area contributed by atoms with E-state index in [9.17, 15) is 9.18 Å². The topological polar surface area (TPSA) is 78.9 Å². The van der Waals surface area contributed by atoms with Crippen LogP contribution in [0, 0.1) is 17.1 Å². The van der Waals surface area contributed by atoms with Crippen molar-refractivity contribution in [2.45, 2.75) is 13.1 Å². The van der Waals surface area contributed by atoms with Crippen molar-refractivity contribution in [2.24, 2.45) is 5.73 Å². The fraction of sp³-hybridized carbons (Fsp3) is 0.125. The third kappa shape index (κ3) is 3.88. The van der Waals surface area contributed by atoms with Crippen molar-refractivity contribution in [1.82, 2.24) is 5.32 Å². The molecule has 0 fully saturated rings. The quantitative estimate of drug-likeness (QED) is 0.881. The zero-order chi connectivity index (χ0) is 15.2. The van der Waals surface area contributed by atoms with Crippen LogP contribution >= 0.6 is 0 Å². The molecular weight excluding hydrogens is 269 g/mol. The number of hydrogen-bond acceptors (Lipinski definition) is 3. The van der Waals surface area contributed by atoms with Gasteiger partial charge in [0.2, 0.25) is 5.91 Å². The number of halogens is 1. The van der Waals surface area contributed by atoms with Crippen molar-refractivity contribution in [2.75, 3.05) is 0 Å². The van der Waals surface area contributed by atoms with Gasteiger partial charge in [0.05, 0.1) is 11.6 Å². The number of nitrogens with one attached hydrogen (secondary N) is 1. The predicted molar refractivity (Wildman–Crippen MR) is 76.6 cm³/mol. The molecule has 0 saturated heterocycles. The molecule has 0 unspecified atom stereocenters. The van der Waals surface area contributed by atoms with Crippen LogP contribution in [0.2, 0.25) is 0 Å². The Hall–Kier alpha value is -2.71. The maximum absolute atomic E-state index is 13.8. The third-order valence-electron chi connectivity index (χ3n) is 3.04. The summed E-state index contributed by atoms with van der Waals surface area (Å²) in [5.74, 6) is -1.12.